The summed E-state index contributed by atoms with van der Waals surface area (Å²) in [6, 6.07) is 0. The molecule has 1 radical (unpaired) electrons. The largest absolute Gasteiger partial charge is 1.00 e. The van der Waals surface area contributed by atoms with Crippen LogP contribution >= 0.6 is 0 Å². The van der Waals surface area contributed by atoms with Gasteiger partial charge >= 0.3 is 61.8 Å². The molecule has 0 heterocycles. The normalized spacial score (nSPS) is 8.29. The van der Waals surface area contributed by atoms with Crippen molar-refractivity contribution >= 4 is 10.4 Å². The fourth-order valence-electron chi connectivity index (χ4n) is 0. The molecule has 0 aliphatic carbocycles. The Morgan fingerprint density at radius 3 is 1.29 bits per heavy atom. The van der Waals surface area contributed by atoms with E-state index >= 15 is 0 Å². The zero-order valence-electron chi connectivity index (χ0n) is 4.45. The summed E-state index contributed by atoms with van der Waals surface area (Å²) in [6.45, 7) is 0. The van der Waals surface area contributed by atoms with E-state index < -0.39 is 10.4 Å². The Bertz CT molecular complexity index is 99.2. The summed E-state index contributed by atoms with van der Waals surface area (Å²) in [7, 11) is -4.67. The third-order valence-electron chi connectivity index (χ3n) is 0. The van der Waals surface area contributed by atoms with E-state index in [2.05, 4.69) is 0 Å². The number of hydrogen-bond donors (Lipinski definition) is 2. The van der Waals surface area contributed by atoms with Crippen LogP contribution in [-0.2, 0) is 29.9 Å². The minimum absolute atomic E-state index is 0. The SMILES string of the molecule is O=S(=O)(O)O.[H-].[K+].[Rh]. The van der Waals surface area contributed by atoms with Crippen molar-refractivity contribution in [1.29, 1.82) is 0 Å². The van der Waals surface area contributed by atoms with Crippen LogP contribution in [0.2, 0.25) is 0 Å². The van der Waals surface area contributed by atoms with E-state index in [1.165, 1.54) is 0 Å². The predicted molar refractivity (Wildman–Crippen MR) is 15.3 cm³/mol. The number of hydrogen-bond acceptors (Lipinski definition) is 2. The van der Waals surface area contributed by atoms with Crippen molar-refractivity contribution in [2.24, 2.45) is 0 Å². The quantitative estimate of drug-likeness (QED) is 0.340. The van der Waals surface area contributed by atoms with Gasteiger partial charge in [0.25, 0.3) is 0 Å². The molecule has 0 aliphatic heterocycles. The molecule has 0 saturated carbocycles. The van der Waals surface area contributed by atoms with Crippen molar-refractivity contribution in [2.45, 2.75) is 0 Å². The van der Waals surface area contributed by atoms with E-state index in [1.54, 1.807) is 0 Å². The Kier molecular flexibility index (Phi) is 14.3. The van der Waals surface area contributed by atoms with Crippen LogP contribution in [0, 0.1) is 0 Å². The van der Waals surface area contributed by atoms with Crippen LogP contribution in [0.15, 0.2) is 0 Å². The Morgan fingerprint density at radius 2 is 1.29 bits per heavy atom. The van der Waals surface area contributed by atoms with Gasteiger partial charge in [-0.05, 0) is 0 Å². The average Bonchev–Trinajstić information content (AvgIpc) is 0.722. The molecule has 0 amide bonds. The summed E-state index contributed by atoms with van der Waals surface area (Å²) in [5, 5.41) is 0. The van der Waals surface area contributed by atoms with Crippen molar-refractivity contribution in [3.8, 4) is 0 Å². The molecule has 2 N–H and O–H groups in total. The van der Waals surface area contributed by atoms with E-state index in [4.69, 9.17) is 17.5 Å². The van der Waals surface area contributed by atoms with Gasteiger partial charge < -0.3 is 1.43 Å². The summed E-state index contributed by atoms with van der Waals surface area (Å²) < 4.78 is 31.6. The van der Waals surface area contributed by atoms with Gasteiger partial charge in [-0.1, -0.05) is 0 Å². The summed E-state index contributed by atoms with van der Waals surface area (Å²) >= 11 is 0. The molecule has 7 heavy (non-hydrogen) atoms. The molecule has 0 aliphatic rings. The van der Waals surface area contributed by atoms with Gasteiger partial charge in [0.1, 0.15) is 0 Å². The van der Waals surface area contributed by atoms with Gasteiger partial charge in [0.2, 0.25) is 0 Å². The van der Waals surface area contributed by atoms with E-state index in [0.717, 1.165) is 0 Å². The smallest absolute Gasteiger partial charge is 1.00 e. The molecule has 0 spiro atoms. The first-order valence-electron chi connectivity index (χ1n) is 0.698. The van der Waals surface area contributed by atoms with Crippen LogP contribution in [0.4, 0.5) is 0 Å². The van der Waals surface area contributed by atoms with E-state index in [1.807, 2.05) is 0 Å². The van der Waals surface area contributed by atoms with Gasteiger partial charge in [0, 0.05) is 19.5 Å². The van der Waals surface area contributed by atoms with Crippen molar-refractivity contribution < 1.29 is 89.8 Å². The molecule has 0 aromatic heterocycles. The molecule has 0 atom stereocenters. The Hall–Kier alpha value is 2.13. The Balaban J connectivity index is -0.0000000267. The maximum Gasteiger partial charge on any atom is 1.00 e. The van der Waals surface area contributed by atoms with Crippen molar-refractivity contribution in [3.63, 3.8) is 0 Å². The molecule has 0 saturated heterocycles. The maximum absolute atomic E-state index is 8.74. The zero-order chi connectivity index (χ0) is 4.50. The van der Waals surface area contributed by atoms with Crippen LogP contribution < -0.4 is 51.4 Å². The molecule has 4 nitrogen and oxygen atoms in total. The summed E-state index contributed by atoms with van der Waals surface area (Å²) in [5.74, 6) is 0. The van der Waals surface area contributed by atoms with Gasteiger partial charge in [-0.15, -0.1) is 0 Å². The summed E-state index contributed by atoms with van der Waals surface area (Å²) in [6.07, 6.45) is 0. The third-order valence-corrected chi connectivity index (χ3v) is 0. The van der Waals surface area contributed by atoms with Crippen LogP contribution in [0.25, 0.3) is 0 Å². The van der Waals surface area contributed by atoms with E-state index in [0.29, 0.717) is 0 Å². The topological polar surface area (TPSA) is 74.6 Å². The second-order valence-electron chi connectivity index (χ2n) is 0.448. The van der Waals surface area contributed by atoms with Crippen LogP contribution in [-0.4, -0.2) is 17.5 Å². The molecule has 0 rings (SSSR count). The van der Waals surface area contributed by atoms with E-state index in [9.17, 15) is 0 Å². The molecule has 0 fully saturated rings. The molecule has 0 bridgehead atoms. The van der Waals surface area contributed by atoms with Gasteiger partial charge in [-0.3, -0.25) is 9.11 Å². The average molecular weight is 241 g/mol. The van der Waals surface area contributed by atoms with Crippen molar-refractivity contribution in [1.82, 2.24) is 0 Å². The van der Waals surface area contributed by atoms with Crippen molar-refractivity contribution in [2.75, 3.05) is 0 Å². The van der Waals surface area contributed by atoms with Crippen LogP contribution in [0.3, 0.4) is 0 Å². The Labute approximate surface area is 98.3 Å². The van der Waals surface area contributed by atoms with E-state index in [-0.39, 0.29) is 72.3 Å². The second kappa shape index (κ2) is 6.25. The molecule has 0 aromatic rings. The molecule has 0 aromatic carbocycles. The molecular weight excluding hydrogens is 238 g/mol. The minimum Gasteiger partial charge on any atom is -1.00 e. The molecule has 43 valence electrons. The predicted octanol–water partition coefficient (Wildman–Crippen LogP) is -3.54. The van der Waals surface area contributed by atoms with Crippen LogP contribution in [0.1, 0.15) is 1.43 Å². The summed E-state index contributed by atoms with van der Waals surface area (Å²) in [4.78, 5) is 0. The fourth-order valence-corrected chi connectivity index (χ4v) is 0. The van der Waals surface area contributed by atoms with Crippen molar-refractivity contribution in [3.05, 3.63) is 0 Å². The fraction of sp³-hybridized carbons (Fsp3) is 0. The maximum atomic E-state index is 8.74. The number of rotatable bonds is 0. The first-order valence-corrected chi connectivity index (χ1v) is 2.10. The standard InChI is InChI=1S/K.H2O4S.Rh.H/c;1-5(2,3)4;;/h;(H2,1,2,3,4);;/q+1;;;-1. The minimum atomic E-state index is -4.67. The Morgan fingerprint density at radius 1 is 1.29 bits per heavy atom. The van der Waals surface area contributed by atoms with Gasteiger partial charge in [0.05, 0.1) is 0 Å². The van der Waals surface area contributed by atoms with Gasteiger partial charge in [-0.2, -0.15) is 8.42 Å². The summed E-state index contributed by atoms with van der Waals surface area (Å²) in [5.41, 5.74) is 0. The second-order valence-corrected chi connectivity index (χ2v) is 1.34. The van der Waals surface area contributed by atoms with Gasteiger partial charge in [-0.25, -0.2) is 0 Å². The van der Waals surface area contributed by atoms with Crippen LogP contribution in [0.5, 0.6) is 0 Å². The third kappa shape index (κ3) is 67.3. The molecular formula is H3KO4RhS. The molecule has 7 heteroatoms. The monoisotopic (exact) mass is 241 g/mol. The first-order chi connectivity index (χ1) is 2.00. The van der Waals surface area contributed by atoms with Gasteiger partial charge in [0.15, 0.2) is 0 Å². The first kappa shape index (κ1) is 16.1. The molecule has 0 unspecified atom stereocenters. The zero-order valence-corrected chi connectivity index (χ0v) is 9.03.